The molecule has 9 nitrogen and oxygen atoms in total. The highest BCUT2D eigenvalue weighted by atomic mass is 32.2. The number of aromatic nitrogens is 3. The quantitative estimate of drug-likeness (QED) is 0.683. The van der Waals surface area contributed by atoms with E-state index in [1.807, 2.05) is 0 Å². The van der Waals surface area contributed by atoms with E-state index in [1.165, 1.54) is 13.4 Å². The van der Waals surface area contributed by atoms with E-state index in [2.05, 4.69) is 11.1 Å². The number of aromatic hydroxyl groups is 1. The molecule has 154 valence electrons. The molecule has 1 fully saturated rings. The van der Waals surface area contributed by atoms with Crippen molar-refractivity contribution in [1.82, 2.24) is 18.4 Å². The minimum absolute atomic E-state index is 0.219. The van der Waals surface area contributed by atoms with Crippen LogP contribution in [0.4, 0.5) is 0 Å². The largest absolute Gasteiger partial charge is 0.493 e. The van der Waals surface area contributed by atoms with E-state index in [4.69, 9.17) is 0 Å². The van der Waals surface area contributed by atoms with E-state index < -0.39 is 27.0 Å². The van der Waals surface area contributed by atoms with Crippen LogP contribution in [0.15, 0.2) is 35.3 Å². The van der Waals surface area contributed by atoms with Crippen molar-refractivity contribution in [3.8, 4) is 17.6 Å². The van der Waals surface area contributed by atoms with E-state index in [9.17, 15) is 23.6 Å². The number of nitrogens with zero attached hydrogens (tertiary/aromatic N) is 5. The van der Waals surface area contributed by atoms with Gasteiger partial charge in [0.25, 0.3) is 0 Å². The van der Waals surface area contributed by atoms with E-state index in [-0.39, 0.29) is 18.5 Å². The average Bonchev–Trinajstić information content (AvgIpc) is 3.39. The first kappa shape index (κ1) is 18.8. The highest BCUT2D eigenvalue weighted by molar-refractivity contribution is 7.89. The molecule has 4 heterocycles. The van der Waals surface area contributed by atoms with Gasteiger partial charge in [-0.1, -0.05) is 0 Å². The Hall–Kier alpha value is -3.16. The van der Waals surface area contributed by atoms with Gasteiger partial charge < -0.3 is 5.11 Å². The summed E-state index contributed by atoms with van der Waals surface area (Å²) < 4.78 is 29.6. The summed E-state index contributed by atoms with van der Waals surface area (Å²) in [4.78, 5) is 17.5. The maximum absolute atomic E-state index is 13.3. The lowest BCUT2D eigenvalue weighted by Gasteiger charge is -2.28. The lowest BCUT2D eigenvalue weighted by Crippen LogP contribution is -2.40. The predicted octanol–water partition coefficient (Wildman–Crippen LogP) is 1.80. The molecule has 0 unspecified atom stereocenters. The summed E-state index contributed by atoms with van der Waals surface area (Å²) in [6.07, 6.45) is 2.03. The molecule has 1 aromatic carbocycles. The zero-order chi connectivity index (χ0) is 21.4. The maximum Gasteiger partial charge on any atom is 0.336 e. The molecule has 0 radical (unpaired) electrons. The molecule has 2 aromatic heterocycles. The molecule has 2 aliphatic rings. The molecule has 3 aromatic rings. The molecule has 10 heteroatoms. The van der Waals surface area contributed by atoms with E-state index in [1.54, 1.807) is 44.3 Å². The first-order valence-corrected chi connectivity index (χ1v) is 11.1. The van der Waals surface area contributed by atoms with Crippen molar-refractivity contribution < 1.29 is 13.5 Å². The second-order valence-corrected chi connectivity index (χ2v) is 10.4. The molecule has 2 bridgehead atoms. The molecule has 1 saturated heterocycles. The van der Waals surface area contributed by atoms with Crippen LogP contribution in [-0.4, -0.2) is 43.7 Å². The fourth-order valence-corrected chi connectivity index (χ4v) is 6.08. The molecular weight excluding hydrogens is 406 g/mol. The summed E-state index contributed by atoms with van der Waals surface area (Å²) in [5, 5.41) is 20.4. The number of rotatable bonds is 3. The number of pyridine rings is 1. The number of fused-ring (bicyclic) bond motifs is 6. The second kappa shape index (κ2) is 6.17. The highest BCUT2D eigenvalue weighted by Gasteiger charge is 2.52. The van der Waals surface area contributed by atoms with Crippen molar-refractivity contribution in [2.45, 2.75) is 37.6 Å². The van der Waals surface area contributed by atoms with Gasteiger partial charge in [-0.2, -0.15) is 9.57 Å². The summed E-state index contributed by atoms with van der Waals surface area (Å²) in [5.74, 6) is -0.272. The normalized spacial score (nSPS) is 20.7. The molecule has 0 saturated carbocycles. The molecule has 0 aliphatic carbocycles. The number of sulfonamides is 1. The van der Waals surface area contributed by atoms with Gasteiger partial charge in [0, 0.05) is 18.1 Å². The van der Waals surface area contributed by atoms with Crippen molar-refractivity contribution in [1.29, 1.82) is 5.26 Å². The second-order valence-electron chi connectivity index (χ2n) is 7.91. The molecule has 2 atom stereocenters. The number of benzene rings is 1. The first-order chi connectivity index (χ1) is 14.3. The smallest absolute Gasteiger partial charge is 0.336 e. The van der Waals surface area contributed by atoms with Gasteiger partial charge in [-0.3, -0.25) is 9.55 Å². The Labute approximate surface area is 172 Å². The SMILES string of the molecule is CC(C)S(=O)(=O)N1C[C@@H]2C[C@H]1c1c(O)n(-c3ccc(C#N)c4ncccc34)c(=O)n12. The molecule has 0 spiro atoms. The Kier molecular flexibility index (Phi) is 3.87. The predicted molar refractivity (Wildman–Crippen MR) is 109 cm³/mol. The molecular formula is C20H19N5O4S. The number of hydrogen-bond donors (Lipinski definition) is 1. The van der Waals surface area contributed by atoms with Crippen molar-refractivity contribution in [2.24, 2.45) is 0 Å². The van der Waals surface area contributed by atoms with Crippen molar-refractivity contribution in [3.63, 3.8) is 0 Å². The fourth-order valence-electron chi connectivity index (χ4n) is 4.62. The Bertz CT molecular complexity index is 1410. The maximum atomic E-state index is 13.3. The highest BCUT2D eigenvalue weighted by Crippen LogP contribution is 2.50. The molecule has 30 heavy (non-hydrogen) atoms. The number of hydrogen-bond acceptors (Lipinski definition) is 6. The molecule has 2 aliphatic heterocycles. The fraction of sp³-hybridized carbons (Fsp3) is 0.350. The summed E-state index contributed by atoms with van der Waals surface area (Å²) in [7, 11) is -3.53. The van der Waals surface area contributed by atoms with Gasteiger partial charge in [0.15, 0.2) is 0 Å². The van der Waals surface area contributed by atoms with Crippen LogP contribution in [0.5, 0.6) is 5.88 Å². The Morgan fingerprint density at radius 1 is 1.30 bits per heavy atom. The summed E-state index contributed by atoms with van der Waals surface area (Å²) in [6, 6.07) is 7.78. The average molecular weight is 425 g/mol. The van der Waals surface area contributed by atoms with Gasteiger partial charge in [-0.15, -0.1) is 0 Å². The van der Waals surface area contributed by atoms with Gasteiger partial charge >= 0.3 is 5.69 Å². The standard InChI is InChI=1S/C20H19N5O4S/c1-11(2)30(28,29)23-10-13-8-16(23)18-19(26)25(20(27)24(13)18)15-6-5-12(9-21)17-14(15)4-3-7-22-17/h3-7,11,13,16,26H,8,10H2,1-2H3/t13-,16-/m0/s1. The van der Waals surface area contributed by atoms with Crippen molar-refractivity contribution >= 4 is 20.9 Å². The molecule has 5 rings (SSSR count). The van der Waals surface area contributed by atoms with Crippen molar-refractivity contribution in [2.75, 3.05) is 6.54 Å². The van der Waals surface area contributed by atoms with Crippen LogP contribution in [0.25, 0.3) is 16.6 Å². The minimum Gasteiger partial charge on any atom is -0.493 e. The molecule has 0 amide bonds. The van der Waals surface area contributed by atoms with Crippen LogP contribution in [0.1, 0.15) is 43.6 Å². The van der Waals surface area contributed by atoms with Crippen LogP contribution in [-0.2, 0) is 10.0 Å². The third-order valence-corrected chi connectivity index (χ3v) is 8.29. The zero-order valence-electron chi connectivity index (χ0n) is 16.3. The number of imidazole rings is 1. The van der Waals surface area contributed by atoms with Crippen LogP contribution >= 0.6 is 0 Å². The van der Waals surface area contributed by atoms with Gasteiger partial charge in [0.1, 0.15) is 11.8 Å². The van der Waals surface area contributed by atoms with Crippen LogP contribution in [0.3, 0.4) is 0 Å². The Morgan fingerprint density at radius 3 is 2.77 bits per heavy atom. The molecule has 1 N–H and O–H groups in total. The van der Waals surface area contributed by atoms with E-state index >= 15 is 0 Å². The van der Waals surface area contributed by atoms with Crippen LogP contribution in [0.2, 0.25) is 0 Å². The topological polar surface area (TPSA) is 121 Å². The summed E-state index contributed by atoms with van der Waals surface area (Å²) >= 11 is 0. The zero-order valence-corrected chi connectivity index (χ0v) is 17.2. The Balaban J connectivity index is 1.73. The van der Waals surface area contributed by atoms with E-state index in [0.29, 0.717) is 34.3 Å². The van der Waals surface area contributed by atoms with Crippen LogP contribution < -0.4 is 5.69 Å². The van der Waals surface area contributed by atoms with E-state index in [0.717, 1.165) is 0 Å². The third-order valence-electron chi connectivity index (χ3n) is 6.04. The lowest BCUT2D eigenvalue weighted by molar-refractivity contribution is 0.339. The van der Waals surface area contributed by atoms with Gasteiger partial charge in [-0.05, 0) is 44.5 Å². The van der Waals surface area contributed by atoms with Crippen LogP contribution in [0, 0.1) is 11.3 Å². The summed E-state index contributed by atoms with van der Waals surface area (Å²) in [5.41, 5.74) is 1.09. The summed E-state index contributed by atoms with van der Waals surface area (Å²) in [6.45, 7) is 3.46. The number of nitriles is 1. The third kappa shape index (κ3) is 2.27. The monoisotopic (exact) mass is 425 g/mol. The van der Waals surface area contributed by atoms with Gasteiger partial charge in [-0.25, -0.2) is 17.8 Å². The van der Waals surface area contributed by atoms with Gasteiger partial charge in [0.2, 0.25) is 15.9 Å². The Morgan fingerprint density at radius 2 is 2.07 bits per heavy atom. The lowest BCUT2D eigenvalue weighted by atomic mass is 10.1. The first-order valence-electron chi connectivity index (χ1n) is 9.62. The van der Waals surface area contributed by atoms with Gasteiger partial charge in [0.05, 0.1) is 34.1 Å². The van der Waals surface area contributed by atoms with Crippen molar-refractivity contribution in [3.05, 3.63) is 52.2 Å². The minimum atomic E-state index is -3.53.